The van der Waals surface area contributed by atoms with Crippen LogP contribution in [0.2, 0.25) is 0 Å². The predicted octanol–water partition coefficient (Wildman–Crippen LogP) is 4.93. The van der Waals surface area contributed by atoms with Gasteiger partial charge in [-0.1, -0.05) is 28.1 Å². The smallest absolute Gasteiger partial charge is 0.341 e. The lowest BCUT2D eigenvalue weighted by atomic mass is 10.2. The summed E-state index contributed by atoms with van der Waals surface area (Å²) in [6.07, 6.45) is 1.48. The molecule has 0 bridgehead atoms. The van der Waals surface area contributed by atoms with E-state index in [2.05, 4.69) is 26.0 Å². The lowest BCUT2D eigenvalue weighted by molar-refractivity contribution is -0.139. The van der Waals surface area contributed by atoms with E-state index in [-0.39, 0.29) is 17.1 Å². The molecule has 0 spiro atoms. The van der Waals surface area contributed by atoms with Gasteiger partial charge in [-0.2, -0.15) is 9.78 Å². The van der Waals surface area contributed by atoms with Gasteiger partial charge in [-0.15, -0.1) is 0 Å². The Hall–Kier alpha value is -4.44. The molecular weight excluding hydrogens is 530 g/mol. The average Bonchev–Trinajstić information content (AvgIpc) is 3.30. The number of carboxylic acids is 1. The second-order valence-electron chi connectivity index (χ2n) is 7.70. The van der Waals surface area contributed by atoms with Gasteiger partial charge in [0.2, 0.25) is 5.82 Å². The summed E-state index contributed by atoms with van der Waals surface area (Å²) >= 11 is 3.46. The fraction of sp³-hybridized carbons (Fsp3) is 0.0769. The van der Waals surface area contributed by atoms with Crippen LogP contribution in [0.25, 0.3) is 33.5 Å². The highest BCUT2D eigenvalue weighted by Crippen LogP contribution is 2.30. The summed E-state index contributed by atoms with van der Waals surface area (Å²) in [5.74, 6) is 0.132. The lowest BCUT2D eigenvalue weighted by Crippen LogP contribution is -2.20. The van der Waals surface area contributed by atoms with E-state index >= 15 is 0 Å². The first-order valence-corrected chi connectivity index (χ1v) is 11.5. The normalized spacial score (nSPS) is 11.4. The van der Waals surface area contributed by atoms with Gasteiger partial charge >= 0.3 is 5.97 Å². The van der Waals surface area contributed by atoms with Crippen molar-refractivity contribution in [2.24, 2.45) is 5.10 Å². The van der Waals surface area contributed by atoms with Crippen molar-refractivity contribution >= 4 is 50.0 Å². The second kappa shape index (κ2) is 9.67. The van der Waals surface area contributed by atoms with Crippen LogP contribution in [0.1, 0.15) is 5.56 Å². The van der Waals surface area contributed by atoms with Gasteiger partial charge in [-0.3, -0.25) is 4.79 Å². The molecule has 0 aliphatic carbocycles. The number of benzene rings is 3. The van der Waals surface area contributed by atoms with Gasteiger partial charge in [0.15, 0.2) is 23.9 Å². The number of aromatic nitrogens is 2. The summed E-state index contributed by atoms with van der Waals surface area (Å²) in [5, 5.41) is 14.5. The predicted molar refractivity (Wildman–Crippen MR) is 138 cm³/mol. The molecule has 0 unspecified atom stereocenters. The van der Waals surface area contributed by atoms with Crippen molar-refractivity contribution in [2.75, 3.05) is 13.7 Å². The number of rotatable bonds is 7. The van der Waals surface area contributed by atoms with Crippen LogP contribution in [0.5, 0.6) is 11.5 Å². The number of halogens is 1. The van der Waals surface area contributed by atoms with Crippen LogP contribution in [0.3, 0.4) is 0 Å². The fourth-order valence-electron chi connectivity index (χ4n) is 3.66. The third kappa shape index (κ3) is 4.58. The molecule has 36 heavy (non-hydrogen) atoms. The van der Waals surface area contributed by atoms with E-state index < -0.39 is 12.6 Å². The summed E-state index contributed by atoms with van der Waals surface area (Å²) < 4.78 is 18.6. The summed E-state index contributed by atoms with van der Waals surface area (Å²) in [6.45, 7) is -0.501. The van der Waals surface area contributed by atoms with E-state index in [1.165, 1.54) is 18.0 Å². The number of aliphatic carboxylic acids is 1. The molecule has 5 rings (SSSR count). The number of nitrogens with zero attached hydrogens (tertiary/aromatic N) is 3. The Morgan fingerprint density at radius 1 is 1.14 bits per heavy atom. The Bertz CT molecular complexity index is 1710. The highest BCUT2D eigenvalue weighted by molar-refractivity contribution is 9.10. The Morgan fingerprint density at radius 3 is 2.78 bits per heavy atom. The van der Waals surface area contributed by atoms with E-state index in [1.807, 2.05) is 24.3 Å². The van der Waals surface area contributed by atoms with Gasteiger partial charge in [-0.25, -0.2) is 9.78 Å². The van der Waals surface area contributed by atoms with Gasteiger partial charge < -0.3 is 19.0 Å². The van der Waals surface area contributed by atoms with Gasteiger partial charge in [0.25, 0.3) is 5.56 Å². The lowest BCUT2D eigenvalue weighted by Gasteiger charge is -2.10. The number of fused-ring (bicyclic) bond motifs is 2. The fourth-order valence-corrected chi connectivity index (χ4v) is 4.04. The summed E-state index contributed by atoms with van der Waals surface area (Å²) in [4.78, 5) is 28.9. The minimum Gasteiger partial charge on any atom is -0.493 e. The highest BCUT2D eigenvalue weighted by atomic mass is 79.9. The molecule has 0 aliphatic heterocycles. The first-order valence-electron chi connectivity index (χ1n) is 10.7. The molecule has 2 aromatic heterocycles. The quantitative estimate of drug-likeness (QED) is 0.287. The number of ether oxygens (including phenoxy) is 2. The summed E-state index contributed by atoms with van der Waals surface area (Å²) in [6, 6.07) is 19.3. The molecule has 5 aromatic rings. The van der Waals surface area contributed by atoms with Crippen molar-refractivity contribution in [2.45, 2.75) is 0 Å². The molecule has 2 heterocycles. The first kappa shape index (κ1) is 23.3. The molecule has 1 N–H and O–H groups in total. The van der Waals surface area contributed by atoms with Crippen molar-refractivity contribution < 1.29 is 23.8 Å². The molecule has 3 aromatic carbocycles. The van der Waals surface area contributed by atoms with E-state index in [4.69, 9.17) is 19.0 Å². The first-order chi connectivity index (χ1) is 17.4. The van der Waals surface area contributed by atoms with Gasteiger partial charge in [0.1, 0.15) is 5.58 Å². The number of para-hydroxylation sites is 1. The third-order valence-corrected chi connectivity index (χ3v) is 5.81. The number of methoxy groups -OCH3 is 1. The van der Waals surface area contributed by atoms with Crippen LogP contribution in [-0.2, 0) is 4.79 Å². The Morgan fingerprint density at radius 2 is 1.97 bits per heavy atom. The third-order valence-electron chi connectivity index (χ3n) is 5.31. The molecule has 0 saturated carbocycles. The van der Waals surface area contributed by atoms with Crippen molar-refractivity contribution in [3.63, 3.8) is 0 Å². The van der Waals surface area contributed by atoms with E-state index in [0.717, 1.165) is 9.86 Å². The highest BCUT2D eigenvalue weighted by Gasteiger charge is 2.17. The van der Waals surface area contributed by atoms with Crippen molar-refractivity contribution in [3.05, 3.63) is 87.1 Å². The minimum atomic E-state index is -1.10. The summed E-state index contributed by atoms with van der Waals surface area (Å²) in [7, 11) is 1.44. The molecular formula is C26H18BrN3O6. The zero-order valence-electron chi connectivity index (χ0n) is 18.8. The Labute approximate surface area is 212 Å². The van der Waals surface area contributed by atoms with Crippen molar-refractivity contribution in [1.82, 2.24) is 9.66 Å². The largest absolute Gasteiger partial charge is 0.493 e. The number of furan rings is 1. The summed E-state index contributed by atoms with van der Waals surface area (Å²) in [5.41, 5.74) is 1.40. The van der Waals surface area contributed by atoms with E-state index in [0.29, 0.717) is 33.6 Å². The SMILES string of the molecule is COc1cc(C=Nn2c(-c3cc4cc(Br)ccc4o3)nc3ccccc3c2=O)ccc1OCC(=O)O. The van der Waals surface area contributed by atoms with E-state index in [1.54, 1.807) is 42.5 Å². The van der Waals surface area contributed by atoms with Crippen LogP contribution in [-0.4, -0.2) is 40.7 Å². The second-order valence-corrected chi connectivity index (χ2v) is 8.62. The van der Waals surface area contributed by atoms with Gasteiger partial charge in [0, 0.05) is 9.86 Å². The molecule has 9 nitrogen and oxygen atoms in total. The molecule has 0 amide bonds. The molecule has 0 radical (unpaired) electrons. The molecule has 0 fully saturated rings. The van der Waals surface area contributed by atoms with Crippen LogP contribution >= 0.6 is 15.9 Å². The Kier molecular flexibility index (Phi) is 6.26. The van der Waals surface area contributed by atoms with Crippen LogP contribution in [0.15, 0.2) is 85.5 Å². The van der Waals surface area contributed by atoms with Gasteiger partial charge in [0.05, 0.1) is 24.2 Å². The number of hydrogen-bond donors (Lipinski definition) is 1. The van der Waals surface area contributed by atoms with Gasteiger partial charge in [-0.05, 0) is 60.2 Å². The maximum atomic E-state index is 13.4. The van der Waals surface area contributed by atoms with Crippen LogP contribution in [0.4, 0.5) is 0 Å². The number of hydrogen-bond acceptors (Lipinski definition) is 7. The standard InChI is InChI=1S/C26H18BrN3O6/c1-34-22-10-15(6-8-21(22)35-14-24(31)32)13-28-30-25(29-19-5-3-2-4-18(19)26(30)33)23-12-16-11-17(27)7-9-20(16)36-23/h2-13H,14H2,1H3,(H,31,32). The molecule has 0 saturated heterocycles. The van der Waals surface area contributed by atoms with E-state index in [9.17, 15) is 9.59 Å². The maximum absolute atomic E-state index is 13.4. The number of carbonyl (C=O) groups is 1. The van der Waals surface area contributed by atoms with Crippen LogP contribution < -0.4 is 15.0 Å². The van der Waals surface area contributed by atoms with Crippen molar-refractivity contribution in [1.29, 1.82) is 0 Å². The topological polar surface area (TPSA) is 116 Å². The maximum Gasteiger partial charge on any atom is 0.341 e. The average molecular weight is 548 g/mol. The minimum absolute atomic E-state index is 0.246. The number of carboxylic acid groups (broad SMARTS) is 1. The zero-order valence-corrected chi connectivity index (χ0v) is 20.4. The molecule has 0 atom stereocenters. The molecule has 10 heteroatoms. The molecule has 180 valence electrons. The molecule has 0 aliphatic rings. The van der Waals surface area contributed by atoms with Crippen LogP contribution in [0, 0.1) is 0 Å². The Balaban J connectivity index is 1.61. The monoisotopic (exact) mass is 547 g/mol. The zero-order chi connectivity index (χ0) is 25.2. The van der Waals surface area contributed by atoms with Crippen molar-refractivity contribution in [3.8, 4) is 23.1 Å².